The van der Waals surface area contributed by atoms with E-state index in [0.717, 1.165) is 10.9 Å². The molecule has 0 bridgehead atoms. The predicted molar refractivity (Wildman–Crippen MR) is 93.4 cm³/mol. The summed E-state index contributed by atoms with van der Waals surface area (Å²) in [4.78, 5) is 11.7. The van der Waals surface area contributed by atoms with Gasteiger partial charge in [0.05, 0.1) is 5.52 Å². The number of H-pyrrole nitrogens is 1. The molecular formula is C17H14N4O2S. The Hall–Kier alpha value is -2.93. The first kappa shape index (κ1) is 14.6. The zero-order valence-corrected chi connectivity index (χ0v) is 13.7. The molecule has 0 aliphatic rings. The second-order valence-electron chi connectivity index (χ2n) is 5.39. The highest BCUT2D eigenvalue weighted by Gasteiger charge is 2.25. The van der Waals surface area contributed by atoms with E-state index >= 15 is 0 Å². The summed E-state index contributed by atoms with van der Waals surface area (Å²) in [6.07, 6.45) is 3.08. The minimum atomic E-state index is -3.74. The number of pyridine rings is 2. The first-order valence-corrected chi connectivity index (χ1v) is 8.78. The van der Waals surface area contributed by atoms with Gasteiger partial charge in [0, 0.05) is 30.2 Å². The largest absolute Gasteiger partial charge is 0.345 e. The Kier molecular flexibility index (Phi) is 3.24. The number of benzene rings is 1. The lowest BCUT2D eigenvalue weighted by molar-refractivity contribution is 0.595. The van der Waals surface area contributed by atoms with Crippen molar-refractivity contribution < 1.29 is 8.42 Å². The number of nitrogens with one attached hydrogen (secondary N) is 1. The van der Waals surface area contributed by atoms with E-state index in [4.69, 9.17) is 0 Å². The van der Waals surface area contributed by atoms with Crippen molar-refractivity contribution in [3.63, 3.8) is 0 Å². The highest BCUT2D eigenvalue weighted by atomic mass is 32.2. The Bertz CT molecular complexity index is 1150. The number of sulfonamides is 1. The molecule has 1 N–H and O–H groups in total. The third kappa shape index (κ3) is 2.21. The average Bonchev–Trinajstić information content (AvgIpc) is 3.05. The standard InChI is InChI=1S/C17H14N4O2S/c1-21(16-9-8-12-5-2-3-7-14(12)20-16)24(22,23)15-11-19-17-13(15)6-4-10-18-17/h2-11H,1H3,(H,18,19). The molecule has 0 unspecified atom stereocenters. The average molecular weight is 338 g/mol. The molecule has 3 aromatic heterocycles. The molecule has 0 aliphatic heterocycles. The molecule has 6 nitrogen and oxygen atoms in total. The molecule has 0 saturated carbocycles. The number of fused-ring (bicyclic) bond motifs is 2. The van der Waals surface area contributed by atoms with Crippen LogP contribution in [0.3, 0.4) is 0 Å². The number of aromatic amines is 1. The second-order valence-corrected chi connectivity index (χ2v) is 7.32. The number of anilines is 1. The van der Waals surface area contributed by atoms with Crippen LogP contribution in [-0.2, 0) is 10.0 Å². The third-order valence-corrected chi connectivity index (χ3v) is 5.76. The van der Waals surface area contributed by atoms with E-state index < -0.39 is 10.0 Å². The van der Waals surface area contributed by atoms with Crippen LogP contribution < -0.4 is 4.31 Å². The fourth-order valence-electron chi connectivity index (χ4n) is 2.65. The maximum Gasteiger partial charge on any atom is 0.267 e. The van der Waals surface area contributed by atoms with Crippen LogP contribution in [0.25, 0.3) is 21.9 Å². The summed E-state index contributed by atoms with van der Waals surface area (Å²) in [5.74, 6) is 0.368. The van der Waals surface area contributed by atoms with Gasteiger partial charge in [-0.1, -0.05) is 18.2 Å². The Balaban J connectivity index is 1.83. The van der Waals surface area contributed by atoms with E-state index in [1.165, 1.54) is 17.5 Å². The fraction of sp³-hybridized carbons (Fsp3) is 0.0588. The smallest absolute Gasteiger partial charge is 0.267 e. The van der Waals surface area contributed by atoms with Crippen LogP contribution in [0.4, 0.5) is 5.82 Å². The minimum Gasteiger partial charge on any atom is -0.345 e. The van der Waals surface area contributed by atoms with E-state index in [-0.39, 0.29) is 4.90 Å². The molecule has 3 heterocycles. The minimum absolute atomic E-state index is 0.183. The van der Waals surface area contributed by atoms with Crippen molar-refractivity contribution in [3.8, 4) is 0 Å². The predicted octanol–water partition coefficient (Wildman–Crippen LogP) is 2.94. The lowest BCUT2D eigenvalue weighted by Gasteiger charge is -2.18. The van der Waals surface area contributed by atoms with Crippen LogP contribution in [0.2, 0.25) is 0 Å². The third-order valence-electron chi connectivity index (χ3n) is 3.96. The van der Waals surface area contributed by atoms with Gasteiger partial charge >= 0.3 is 0 Å². The zero-order valence-electron chi connectivity index (χ0n) is 12.8. The summed E-state index contributed by atoms with van der Waals surface area (Å²) in [6.45, 7) is 0. The van der Waals surface area contributed by atoms with Gasteiger partial charge in [0.15, 0.2) is 0 Å². The molecule has 1 aromatic carbocycles. The van der Waals surface area contributed by atoms with Gasteiger partial charge in [-0.3, -0.25) is 4.31 Å². The summed E-state index contributed by atoms with van der Waals surface area (Å²) in [5, 5.41) is 1.52. The van der Waals surface area contributed by atoms with E-state index in [9.17, 15) is 8.42 Å². The monoisotopic (exact) mass is 338 g/mol. The summed E-state index contributed by atoms with van der Waals surface area (Å²) in [7, 11) is -2.24. The number of rotatable bonds is 3. The van der Waals surface area contributed by atoms with Crippen LogP contribution >= 0.6 is 0 Å². The first-order chi connectivity index (χ1) is 11.6. The van der Waals surface area contributed by atoms with Crippen molar-refractivity contribution in [3.05, 3.63) is 60.9 Å². The van der Waals surface area contributed by atoms with Crippen molar-refractivity contribution >= 4 is 37.8 Å². The zero-order chi connectivity index (χ0) is 16.7. The molecule has 0 fully saturated rings. The summed E-state index contributed by atoms with van der Waals surface area (Å²) in [5.41, 5.74) is 1.29. The maximum atomic E-state index is 13.0. The highest BCUT2D eigenvalue weighted by molar-refractivity contribution is 7.93. The summed E-state index contributed by atoms with van der Waals surface area (Å²) >= 11 is 0. The number of hydrogen-bond acceptors (Lipinski definition) is 4. The van der Waals surface area contributed by atoms with Gasteiger partial charge in [-0.25, -0.2) is 18.4 Å². The normalized spacial score (nSPS) is 11.9. The Morgan fingerprint density at radius 3 is 2.75 bits per heavy atom. The van der Waals surface area contributed by atoms with Crippen molar-refractivity contribution in [1.82, 2.24) is 15.0 Å². The van der Waals surface area contributed by atoms with Gasteiger partial charge in [0.2, 0.25) is 0 Å². The molecular weight excluding hydrogens is 324 g/mol. The Morgan fingerprint density at radius 1 is 1.04 bits per heavy atom. The summed E-state index contributed by atoms with van der Waals surface area (Å²) < 4.78 is 27.2. The number of nitrogens with zero attached hydrogens (tertiary/aromatic N) is 3. The van der Waals surface area contributed by atoms with E-state index in [2.05, 4.69) is 15.0 Å². The molecule has 0 radical (unpaired) electrons. The molecule has 4 aromatic rings. The molecule has 120 valence electrons. The van der Waals surface area contributed by atoms with E-state index in [1.807, 2.05) is 30.3 Å². The van der Waals surface area contributed by atoms with Crippen molar-refractivity contribution in [1.29, 1.82) is 0 Å². The van der Waals surface area contributed by atoms with Crippen LogP contribution in [0.1, 0.15) is 0 Å². The van der Waals surface area contributed by atoms with Gasteiger partial charge in [0.25, 0.3) is 10.0 Å². The van der Waals surface area contributed by atoms with Gasteiger partial charge in [-0.05, 0) is 30.3 Å². The molecule has 7 heteroatoms. The van der Waals surface area contributed by atoms with Crippen molar-refractivity contribution in [2.75, 3.05) is 11.4 Å². The second kappa shape index (κ2) is 5.31. The van der Waals surface area contributed by atoms with E-state index in [1.54, 1.807) is 24.4 Å². The topological polar surface area (TPSA) is 79.0 Å². The number of aromatic nitrogens is 3. The number of para-hydroxylation sites is 1. The molecule has 0 amide bonds. The van der Waals surface area contributed by atoms with Crippen LogP contribution in [0.15, 0.2) is 65.8 Å². The molecule has 0 atom stereocenters. The van der Waals surface area contributed by atoms with Crippen molar-refractivity contribution in [2.24, 2.45) is 0 Å². The Morgan fingerprint density at radius 2 is 1.88 bits per heavy atom. The van der Waals surface area contributed by atoms with Crippen LogP contribution in [0, 0.1) is 0 Å². The van der Waals surface area contributed by atoms with Gasteiger partial charge in [-0.15, -0.1) is 0 Å². The molecule has 24 heavy (non-hydrogen) atoms. The number of hydrogen-bond donors (Lipinski definition) is 1. The SMILES string of the molecule is CN(c1ccc2ccccc2n1)S(=O)(=O)c1c[nH]c2ncccc12. The van der Waals surface area contributed by atoms with Crippen molar-refractivity contribution in [2.45, 2.75) is 4.90 Å². The first-order valence-electron chi connectivity index (χ1n) is 7.34. The van der Waals surface area contributed by atoms with Gasteiger partial charge in [-0.2, -0.15) is 0 Å². The molecule has 0 saturated heterocycles. The van der Waals surface area contributed by atoms with Gasteiger partial charge < -0.3 is 4.98 Å². The lowest BCUT2D eigenvalue weighted by Crippen LogP contribution is -2.27. The highest BCUT2D eigenvalue weighted by Crippen LogP contribution is 2.27. The lowest BCUT2D eigenvalue weighted by atomic mass is 10.2. The summed E-state index contributed by atoms with van der Waals surface area (Å²) in [6, 6.07) is 14.6. The molecule has 0 spiro atoms. The molecule has 0 aliphatic carbocycles. The van der Waals surface area contributed by atoms with E-state index in [0.29, 0.717) is 16.9 Å². The van der Waals surface area contributed by atoms with Crippen LogP contribution in [0.5, 0.6) is 0 Å². The fourth-order valence-corrected chi connectivity index (χ4v) is 3.94. The quantitative estimate of drug-likeness (QED) is 0.623. The van der Waals surface area contributed by atoms with Crippen LogP contribution in [-0.4, -0.2) is 30.4 Å². The Labute approximate surface area is 138 Å². The maximum absolute atomic E-state index is 13.0. The molecule has 4 rings (SSSR count). The van der Waals surface area contributed by atoms with Gasteiger partial charge in [0.1, 0.15) is 16.4 Å².